The monoisotopic (exact) mass is 515 g/mol. The molecule has 0 aromatic heterocycles. The number of hydrogen-bond donors (Lipinski definition) is 1. The molecule has 4 rings (SSSR count). The Labute approximate surface area is 217 Å². The Bertz CT molecular complexity index is 952. The van der Waals surface area contributed by atoms with Crippen LogP contribution in [-0.2, 0) is 23.9 Å². The summed E-state index contributed by atoms with van der Waals surface area (Å²) in [4.78, 5) is 59.5. The molecule has 1 N–H and O–H groups in total. The van der Waals surface area contributed by atoms with Crippen molar-refractivity contribution in [1.29, 1.82) is 0 Å². The van der Waals surface area contributed by atoms with Crippen LogP contribution in [0.15, 0.2) is 30.3 Å². The number of carbonyl (C=O) groups excluding carboxylic acids is 4. The molecule has 0 bridgehead atoms. The van der Waals surface area contributed by atoms with Gasteiger partial charge < -0.3 is 34.4 Å². The lowest BCUT2D eigenvalue weighted by Crippen LogP contribution is -2.62. The van der Waals surface area contributed by atoms with Gasteiger partial charge in [0.1, 0.15) is 19.2 Å². The average Bonchev–Trinajstić information content (AvgIpc) is 2.92. The number of likely N-dealkylation sites (tertiary alicyclic amines) is 1. The molecule has 1 aromatic carbocycles. The van der Waals surface area contributed by atoms with Gasteiger partial charge in [-0.15, -0.1) is 0 Å². The number of piperazine rings is 1. The molecule has 1 atom stereocenters. The number of nitrogens with zero attached hydrogens (tertiary/aromatic N) is 4. The second-order valence-corrected chi connectivity index (χ2v) is 9.73. The number of ether oxygens (including phenoxy) is 2. The Morgan fingerprint density at radius 2 is 1.62 bits per heavy atom. The zero-order chi connectivity index (χ0) is 26.2. The van der Waals surface area contributed by atoms with Crippen LogP contribution < -0.4 is 5.32 Å². The van der Waals surface area contributed by atoms with Crippen molar-refractivity contribution in [1.82, 2.24) is 24.9 Å². The first kappa shape index (κ1) is 27.0. The van der Waals surface area contributed by atoms with Crippen molar-refractivity contribution in [2.75, 3.05) is 79.3 Å². The maximum absolute atomic E-state index is 13.5. The molecule has 0 saturated carbocycles. The first-order valence-electron chi connectivity index (χ1n) is 13.0. The van der Waals surface area contributed by atoms with Gasteiger partial charge in [0.15, 0.2) is 0 Å². The van der Waals surface area contributed by atoms with Crippen LogP contribution >= 0.6 is 0 Å². The molecule has 0 aliphatic carbocycles. The molecule has 0 radical (unpaired) electrons. The third kappa shape index (κ3) is 7.06. The van der Waals surface area contributed by atoms with Gasteiger partial charge >= 0.3 is 0 Å². The molecule has 3 aliphatic rings. The number of fused-ring (bicyclic) bond motifs is 1. The fourth-order valence-corrected chi connectivity index (χ4v) is 5.07. The van der Waals surface area contributed by atoms with Crippen LogP contribution in [0.1, 0.15) is 23.2 Å². The Hall–Kier alpha value is -3.02. The van der Waals surface area contributed by atoms with E-state index in [9.17, 15) is 19.2 Å². The molecule has 37 heavy (non-hydrogen) atoms. The van der Waals surface area contributed by atoms with E-state index in [4.69, 9.17) is 9.47 Å². The minimum atomic E-state index is -0.630. The molecule has 4 amide bonds. The topological polar surface area (TPSA) is 112 Å². The molecule has 3 saturated heterocycles. The highest BCUT2D eigenvalue weighted by molar-refractivity contribution is 5.94. The lowest BCUT2D eigenvalue weighted by molar-refractivity contribution is -0.150. The van der Waals surface area contributed by atoms with Crippen LogP contribution in [0.2, 0.25) is 0 Å². The highest BCUT2D eigenvalue weighted by Crippen LogP contribution is 2.20. The third-order valence-electron chi connectivity index (χ3n) is 7.19. The molecular formula is C26H37N5O6. The second-order valence-electron chi connectivity index (χ2n) is 9.73. The van der Waals surface area contributed by atoms with Crippen LogP contribution in [0.5, 0.6) is 0 Å². The summed E-state index contributed by atoms with van der Waals surface area (Å²) >= 11 is 0. The summed E-state index contributed by atoms with van der Waals surface area (Å²) in [5, 5.41) is 2.86. The summed E-state index contributed by atoms with van der Waals surface area (Å²) in [5.41, 5.74) is 0.636. The van der Waals surface area contributed by atoms with E-state index in [-0.39, 0.29) is 49.4 Å². The van der Waals surface area contributed by atoms with Gasteiger partial charge in [0.25, 0.3) is 5.91 Å². The molecule has 0 unspecified atom stereocenters. The zero-order valence-electron chi connectivity index (χ0n) is 21.5. The summed E-state index contributed by atoms with van der Waals surface area (Å²) in [6.45, 7) is 3.41. The SMILES string of the molecule is CN1CCN2C(=O)CN(C3CCN(C(=O)c4ccccc4)CC3)C(=O)COCCOCCNC(=O)[C@@H]2C1. The lowest BCUT2D eigenvalue weighted by Gasteiger charge is -2.42. The molecule has 0 spiro atoms. The van der Waals surface area contributed by atoms with Crippen LogP contribution in [0.4, 0.5) is 0 Å². The van der Waals surface area contributed by atoms with Gasteiger partial charge in [-0.2, -0.15) is 0 Å². The molecule has 11 heteroatoms. The maximum atomic E-state index is 13.5. The van der Waals surface area contributed by atoms with Crippen LogP contribution in [-0.4, -0.2) is 135 Å². The number of carbonyl (C=O) groups is 4. The standard InChI is InChI=1S/C26H37N5O6/c1-28-12-13-30-22(17-28)25(34)27-9-14-36-15-16-37-19-24(33)31(18-23(30)32)21-7-10-29(11-8-21)26(35)20-5-3-2-4-6-20/h2-6,21-22H,7-19H2,1H3,(H,27,34)/t22-/m0/s1. The van der Waals surface area contributed by atoms with E-state index in [2.05, 4.69) is 5.32 Å². The van der Waals surface area contributed by atoms with Gasteiger partial charge in [0.05, 0.1) is 19.8 Å². The van der Waals surface area contributed by atoms with Crippen LogP contribution in [0.3, 0.4) is 0 Å². The number of amides is 4. The van der Waals surface area contributed by atoms with Gasteiger partial charge in [-0.1, -0.05) is 18.2 Å². The third-order valence-corrected chi connectivity index (χ3v) is 7.19. The van der Waals surface area contributed by atoms with Gasteiger partial charge in [0.2, 0.25) is 17.7 Å². The summed E-state index contributed by atoms with van der Waals surface area (Å²) in [6.07, 6.45) is 1.13. The van der Waals surface area contributed by atoms with E-state index in [1.54, 1.807) is 26.8 Å². The van der Waals surface area contributed by atoms with Gasteiger partial charge in [-0.05, 0) is 32.0 Å². The second kappa shape index (κ2) is 13.0. The van der Waals surface area contributed by atoms with Crippen molar-refractivity contribution < 1.29 is 28.7 Å². The van der Waals surface area contributed by atoms with Crippen molar-refractivity contribution in [2.45, 2.75) is 24.9 Å². The maximum Gasteiger partial charge on any atom is 0.253 e. The largest absolute Gasteiger partial charge is 0.377 e. The Balaban J connectivity index is 1.46. The molecule has 11 nitrogen and oxygen atoms in total. The summed E-state index contributed by atoms with van der Waals surface area (Å²) in [5.74, 6) is -0.782. The first-order chi connectivity index (χ1) is 17.9. The molecule has 202 valence electrons. The average molecular weight is 516 g/mol. The smallest absolute Gasteiger partial charge is 0.253 e. The summed E-state index contributed by atoms with van der Waals surface area (Å²) in [6, 6.07) is 8.30. The van der Waals surface area contributed by atoms with Crippen LogP contribution in [0, 0.1) is 0 Å². The quantitative estimate of drug-likeness (QED) is 0.561. The van der Waals surface area contributed by atoms with E-state index >= 15 is 0 Å². The minimum absolute atomic E-state index is 0.0341. The Kier molecular flexibility index (Phi) is 9.48. The number of hydrogen-bond acceptors (Lipinski definition) is 7. The fraction of sp³-hybridized carbons (Fsp3) is 0.615. The van der Waals surface area contributed by atoms with Gasteiger partial charge in [-0.3, -0.25) is 19.2 Å². The molecule has 1 aromatic rings. The molecular weight excluding hydrogens is 478 g/mol. The fourth-order valence-electron chi connectivity index (χ4n) is 5.07. The number of piperidine rings is 1. The zero-order valence-corrected chi connectivity index (χ0v) is 21.5. The van der Waals surface area contributed by atoms with Gasteiger partial charge in [-0.25, -0.2) is 0 Å². The predicted molar refractivity (Wildman–Crippen MR) is 135 cm³/mol. The van der Waals surface area contributed by atoms with Crippen molar-refractivity contribution in [3.8, 4) is 0 Å². The molecule has 3 fully saturated rings. The van der Waals surface area contributed by atoms with E-state index < -0.39 is 6.04 Å². The number of likely N-dealkylation sites (N-methyl/N-ethyl adjacent to an activating group) is 1. The number of nitrogens with one attached hydrogen (secondary N) is 1. The highest BCUT2D eigenvalue weighted by atomic mass is 16.5. The lowest BCUT2D eigenvalue weighted by atomic mass is 10.0. The van der Waals surface area contributed by atoms with Crippen molar-refractivity contribution in [3.05, 3.63) is 35.9 Å². The van der Waals surface area contributed by atoms with Crippen molar-refractivity contribution in [3.63, 3.8) is 0 Å². The van der Waals surface area contributed by atoms with E-state index in [1.807, 2.05) is 30.1 Å². The van der Waals surface area contributed by atoms with E-state index in [1.165, 1.54) is 0 Å². The van der Waals surface area contributed by atoms with Gasteiger partial charge in [0, 0.05) is 50.9 Å². The minimum Gasteiger partial charge on any atom is -0.377 e. The Morgan fingerprint density at radius 1 is 0.892 bits per heavy atom. The molecule has 3 heterocycles. The number of rotatable bonds is 2. The number of benzene rings is 1. The first-order valence-corrected chi connectivity index (χ1v) is 13.0. The Morgan fingerprint density at radius 3 is 2.38 bits per heavy atom. The van der Waals surface area contributed by atoms with E-state index in [0.717, 1.165) is 0 Å². The van der Waals surface area contributed by atoms with Crippen LogP contribution in [0.25, 0.3) is 0 Å². The van der Waals surface area contributed by atoms with Crippen molar-refractivity contribution >= 4 is 23.6 Å². The summed E-state index contributed by atoms with van der Waals surface area (Å²) < 4.78 is 11.0. The van der Waals surface area contributed by atoms with Crippen molar-refractivity contribution in [2.24, 2.45) is 0 Å². The highest BCUT2D eigenvalue weighted by Gasteiger charge is 2.37. The normalized spacial score (nSPS) is 24.2. The molecule has 3 aliphatic heterocycles. The van der Waals surface area contributed by atoms with E-state index in [0.29, 0.717) is 70.9 Å². The predicted octanol–water partition coefficient (Wildman–Crippen LogP) is -0.575. The summed E-state index contributed by atoms with van der Waals surface area (Å²) in [7, 11) is 1.92.